The van der Waals surface area contributed by atoms with Gasteiger partial charge in [-0.15, -0.1) is 0 Å². The molecule has 0 bridgehead atoms. The summed E-state index contributed by atoms with van der Waals surface area (Å²) < 4.78 is 15.4. The van der Waals surface area contributed by atoms with E-state index in [1.165, 1.54) is 0 Å². The summed E-state index contributed by atoms with van der Waals surface area (Å²) in [5.74, 6) is 1.34. The van der Waals surface area contributed by atoms with E-state index in [9.17, 15) is 5.11 Å². The summed E-state index contributed by atoms with van der Waals surface area (Å²) >= 11 is 0. The van der Waals surface area contributed by atoms with Gasteiger partial charge in [-0.2, -0.15) is 0 Å². The molecule has 0 aliphatic heterocycles. The van der Waals surface area contributed by atoms with Crippen molar-refractivity contribution in [3.63, 3.8) is 0 Å². The fourth-order valence-electron chi connectivity index (χ4n) is 1.48. The van der Waals surface area contributed by atoms with Crippen LogP contribution < -0.4 is 9.47 Å². The van der Waals surface area contributed by atoms with Crippen LogP contribution in [0, 0.1) is 0 Å². The second-order valence-electron chi connectivity index (χ2n) is 3.07. The minimum absolute atomic E-state index is 0.0862. The number of methoxy groups -OCH3 is 3. The maximum absolute atomic E-state index is 9.19. The van der Waals surface area contributed by atoms with Crippen LogP contribution >= 0.6 is 0 Å². The fourth-order valence-corrected chi connectivity index (χ4v) is 1.48. The largest absolute Gasteiger partial charge is 0.497 e. The first kappa shape index (κ1) is 11.8. The zero-order chi connectivity index (χ0) is 11.3. The number of ether oxygens (including phenoxy) is 3. The van der Waals surface area contributed by atoms with Gasteiger partial charge in [0.05, 0.1) is 27.4 Å². The van der Waals surface area contributed by atoms with E-state index in [0.717, 1.165) is 5.56 Å². The Labute approximate surface area is 89.4 Å². The Morgan fingerprint density at radius 1 is 1.07 bits per heavy atom. The van der Waals surface area contributed by atoms with E-state index in [2.05, 4.69) is 0 Å². The topological polar surface area (TPSA) is 47.9 Å². The Morgan fingerprint density at radius 2 is 1.73 bits per heavy atom. The zero-order valence-corrected chi connectivity index (χ0v) is 9.24. The maximum atomic E-state index is 9.19. The Balaban J connectivity index is 3.19. The third kappa shape index (κ3) is 2.61. The molecule has 4 nitrogen and oxygen atoms in total. The van der Waals surface area contributed by atoms with Crippen LogP contribution in [0.2, 0.25) is 0 Å². The molecule has 1 N–H and O–H groups in total. The lowest BCUT2D eigenvalue weighted by molar-refractivity contribution is 0.180. The average Bonchev–Trinajstić information content (AvgIpc) is 2.28. The van der Waals surface area contributed by atoms with Crippen molar-refractivity contribution in [1.82, 2.24) is 0 Å². The van der Waals surface area contributed by atoms with Gasteiger partial charge in [-0.05, 0) is 12.1 Å². The van der Waals surface area contributed by atoms with Gasteiger partial charge >= 0.3 is 0 Å². The summed E-state index contributed by atoms with van der Waals surface area (Å²) in [6, 6.07) is 3.58. The molecule has 0 radical (unpaired) electrons. The van der Waals surface area contributed by atoms with Crippen LogP contribution in [0.1, 0.15) is 11.1 Å². The summed E-state index contributed by atoms with van der Waals surface area (Å²) in [5, 5.41) is 9.19. The van der Waals surface area contributed by atoms with Gasteiger partial charge in [0.1, 0.15) is 11.5 Å². The van der Waals surface area contributed by atoms with Crippen molar-refractivity contribution in [2.45, 2.75) is 13.2 Å². The smallest absolute Gasteiger partial charge is 0.130 e. The summed E-state index contributed by atoms with van der Waals surface area (Å²) in [7, 11) is 4.76. The normalized spacial score (nSPS) is 10.1. The van der Waals surface area contributed by atoms with Crippen LogP contribution in [0.15, 0.2) is 12.1 Å². The number of rotatable bonds is 5. The molecular formula is C11H16O4. The van der Waals surface area contributed by atoms with Crippen LogP contribution in [-0.2, 0) is 18.0 Å². The molecule has 15 heavy (non-hydrogen) atoms. The Hall–Kier alpha value is -1.26. The molecule has 1 aromatic carbocycles. The molecule has 0 saturated carbocycles. The minimum atomic E-state index is -0.0862. The Bertz CT molecular complexity index is 323. The molecule has 0 fully saturated rings. The van der Waals surface area contributed by atoms with E-state index in [1.807, 2.05) is 6.07 Å². The Morgan fingerprint density at radius 3 is 2.20 bits per heavy atom. The lowest BCUT2D eigenvalue weighted by Gasteiger charge is -2.13. The molecular weight excluding hydrogens is 196 g/mol. The van der Waals surface area contributed by atoms with Crippen LogP contribution in [0.4, 0.5) is 0 Å². The van der Waals surface area contributed by atoms with Crippen molar-refractivity contribution in [1.29, 1.82) is 0 Å². The molecule has 0 atom stereocenters. The maximum Gasteiger partial charge on any atom is 0.130 e. The molecule has 0 heterocycles. The van der Waals surface area contributed by atoms with Gasteiger partial charge < -0.3 is 19.3 Å². The number of aliphatic hydroxyl groups excluding tert-OH is 1. The van der Waals surface area contributed by atoms with Gasteiger partial charge in [0.15, 0.2) is 0 Å². The molecule has 0 amide bonds. The third-order valence-corrected chi connectivity index (χ3v) is 2.13. The first-order chi connectivity index (χ1) is 7.26. The molecule has 0 spiro atoms. The van der Waals surface area contributed by atoms with Crippen LogP contribution in [0.25, 0.3) is 0 Å². The number of hydrogen-bond acceptors (Lipinski definition) is 4. The summed E-state index contributed by atoms with van der Waals surface area (Å²) in [5.41, 5.74) is 1.56. The van der Waals surface area contributed by atoms with E-state index in [4.69, 9.17) is 14.2 Å². The van der Waals surface area contributed by atoms with Crippen LogP contribution in [0.5, 0.6) is 11.5 Å². The number of benzene rings is 1. The van der Waals surface area contributed by atoms with E-state index in [1.54, 1.807) is 27.4 Å². The monoisotopic (exact) mass is 212 g/mol. The molecule has 0 saturated heterocycles. The van der Waals surface area contributed by atoms with E-state index >= 15 is 0 Å². The van der Waals surface area contributed by atoms with Gasteiger partial charge in [-0.3, -0.25) is 0 Å². The molecule has 4 heteroatoms. The van der Waals surface area contributed by atoms with Crippen molar-refractivity contribution < 1.29 is 19.3 Å². The third-order valence-electron chi connectivity index (χ3n) is 2.13. The zero-order valence-electron chi connectivity index (χ0n) is 9.24. The van der Waals surface area contributed by atoms with E-state index in [-0.39, 0.29) is 6.61 Å². The summed E-state index contributed by atoms with van der Waals surface area (Å²) in [6.45, 7) is 0.338. The Kier molecular flexibility index (Phi) is 4.39. The van der Waals surface area contributed by atoms with Gasteiger partial charge in [-0.25, -0.2) is 0 Å². The average molecular weight is 212 g/mol. The highest BCUT2D eigenvalue weighted by molar-refractivity contribution is 5.46. The number of hydrogen-bond donors (Lipinski definition) is 1. The lowest BCUT2D eigenvalue weighted by Crippen LogP contribution is -2.00. The highest BCUT2D eigenvalue weighted by atomic mass is 16.5. The molecule has 1 rings (SSSR count). The van der Waals surface area contributed by atoms with Crippen molar-refractivity contribution in [2.75, 3.05) is 21.3 Å². The number of aliphatic hydroxyl groups is 1. The van der Waals surface area contributed by atoms with Crippen molar-refractivity contribution in [2.24, 2.45) is 0 Å². The molecule has 84 valence electrons. The molecule has 0 aromatic heterocycles. The van der Waals surface area contributed by atoms with Gasteiger partial charge in [0, 0.05) is 18.2 Å². The van der Waals surface area contributed by atoms with E-state index < -0.39 is 0 Å². The van der Waals surface area contributed by atoms with E-state index in [0.29, 0.717) is 23.7 Å². The standard InChI is InChI=1S/C11H16O4/c1-13-7-9-5-10(14-2)4-8(6-12)11(9)15-3/h4-5,12H,6-7H2,1-3H3. The SMILES string of the molecule is COCc1cc(OC)cc(CO)c1OC. The molecule has 0 aliphatic carbocycles. The molecule has 1 aromatic rings. The van der Waals surface area contributed by atoms with Gasteiger partial charge in [0.25, 0.3) is 0 Å². The van der Waals surface area contributed by atoms with Gasteiger partial charge in [-0.1, -0.05) is 0 Å². The minimum Gasteiger partial charge on any atom is -0.497 e. The fraction of sp³-hybridized carbons (Fsp3) is 0.455. The molecule has 0 aliphatic rings. The van der Waals surface area contributed by atoms with Gasteiger partial charge in [0.2, 0.25) is 0 Å². The first-order valence-electron chi connectivity index (χ1n) is 4.60. The second kappa shape index (κ2) is 5.58. The van der Waals surface area contributed by atoms with Crippen molar-refractivity contribution >= 4 is 0 Å². The predicted octanol–water partition coefficient (Wildman–Crippen LogP) is 1.34. The van der Waals surface area contributed by atoms with Crippen molar-refractivity contribution in [3.05, 3.63) is 23.3 Å². The summed E-state index contributed by atoms with van der Waals surface area (Å²) in [4.78, 5) is 0. The second-order valence-corrected chi connectivity index (χ2v) is 3.07. The molecule has 0 unspecified atom stereocenters. The highest BCUT2D eigenvalue weighted by Gasteiger charge is 2.11. The lowest BCUT2D eigenvalue weighted by atomic mass is 10.1. The van der Waals surface area contributed by atoms with Crippen molar-refractivity contribution in [3.8, 4) is 11.5 Å². The van der Waals surface area contributed by atoms with Crippen LogP contribution in [-0.4, -0.2) is 26.4 Å². The first-order valence-corrected chi connectivity index (χ1v) is 4.60. The van der Waals surface area contributed by atoms with Crippen LogP contribution in [0.3, 0.4) is 0 Å². The predicted molar refractivity (Wildman–Crippen MR) is 56.2 cm³/mol. The highest BCUT2D eigenvalue weighted by Crippen LogP contribution is 2.29. The quantitative estimate of drug-likeness (QED) is 0.800. The summed E-state index contributed by atoms with van der Waals surface area (Å²) in [6.07, 6.45) is 0.